The standard InChI is InChI=1S/C38H48O5/c1-4-8-28-9-13-32(14-10-28)33-15-11-29(12-16-33)27-30(5-2)31-17-23-36(24-18-31)43-38(40)34-19-21-35(22-20-34)41-25-7-26-42-37(39)6-3/h2,6,17-24,28-30,32-33H,3-4,7-16,25-27H2,1H3. The highest BCUT2D eigenvalue weighted by molar-refractivity contribution is 5.91. The summed E-state index contributed by atoms with van der Waals surface area (Å²) in [6.07, 6.45) is 22.6. The Balaban J connectivity index is 1.19. The van der Waals surface area contributed by atoms with Gasteiger partial charge in [-0.25, -0.2) is 9.59 Å². The zero-order valence-electron chi connectivity index (χ0n) is 25.8. The van der Waals surface area contributed by atoms with Crippen LogP contribution in [0.2, 0.25) is 0 Å². The Labute approximate surface area is 258 Å². The maximum absolute atomic E-state index is 12.7. The number of benzene rings is 2. The van der Waals surface area contributed by atoms with Crippen molar-refractivity contribution in [3.63, 3.8) is 0 Å². The summed E-state index contributed by atoms with van der Waals surface area (Å²) in [6, 6.07) is 14.4. The van der Waals surface area contributed by atoms with Crippen molar-refractivity contribution in [1.82, 2.24) is 0 Å². The van der Waals surface area contributed by atoms with Crippen LogP contribution in [0.3, 0.4) is 0 Å². The van der Waals surface area contributed by atoms with Crippen LogP contribution in [0.25, 0.3) is 0 Å². The molecule has 0 aromatic heterocycles. The number of rotatable bonds is 14. The Morgan fingerprint density at radius 2 is 1.49 bits per heavy atom. The molecule has 2 aromatic carbocycles. The minimum absolute atomic E-state index is 0.0809. The molecule has 0 bridgehead atoms. The molecule has 0 amide bonds. The summed E-state index contributed by atoms with van der Waals surface area (Å²) in [5, 5.41) is 0. The van der Waals surface area contributed by atoms with Crippen molar-refractivity contribution in [1.29, 1.82) is 0 Å². The molecule has 0 radical (unpaired) electrons. The highest BCUT2D eigenvalue weighted by Gasteiger charge is 2.31. The number of esters is 2. The first-order valence-corrected chi connectivity index (χ1v) is 16.3. The van der Waals surface area contributed by atoms with Gasteiger partial charge in [-0.05, 0) is 97.7 Å². The third-order valence-electron chi connectivity index (χ3n) is 9.47. The van der Waals surface area contributed by atoms with Crippen molar-refractivity contribution in [2.75, 3.05) is 13.2 Å². The number of hydrogen-bond donors (Lipinski definition) is 0. The van der Waals surface area contributed by atoms with E-state index in [4.69, 9.17) is 20.6 Å². The molecule has 2 aliphatic carbocycles. The fourth-order valence-electron chi connectivity index (χ4n) is 6.99. The second-order valence-electron chi connectivity index (χ2n) is 12.4. The summed E-state index contributed by atoms with van der Waals surface area (Å²) in [6.45, 7) is 6.32. The fraction of sp³-hybridized carbons (Fsp3) is 0.526. The number of hydrogen-bond acceptors (Lipinski definition) is 5. The van der Waals surface area contributed by atoms with Crippen LogP contribution in [0.4, 0.5) is 0 Å². The van der Waals surface area contributed by atoms with Gasteiger partial charge in [0.15, 0.2) is 0 Å². The predicted octanol–water partition coefficient (Wildman–Crippen LogP) is 8.92. The third kappa shape index (κ3) is 10.0. The van der Waals surface area contributed by atoms with Gasteiger partial charge >= 0.3 is 11.9 Å². The Hall–Kier alpha value is -3.52. The Morgan fingerprint density at radius 3 is 2.07 bits per heavy atom. The van der Waals surface area contributed by atoms with Crippen molar-refractivity contribution in [2.45, 2.75) is 89.9 Å². The minimum Gasteiger partial charge on any atom is -0.493 e. The molecular weight excluding hydrogens is 536 g/mol. The van der Waals surface area contributed by atoms with E-state index in [2.05, 4.69) is 19.4 Å². The topological polar surface area (TPSA) is 61.8 Å². The van der Waals surface area contributed by atoms with Crippen molar-refractivity contribution >= 4 is 11.9 Å². The van der Waals surface area contributed by atoms with E-state index < -0.39 is 11.9 Å². The molecule has 5 nitrogen and oxygen atoms in total. The maximum atomic E-state index is 12.7. The lowest BCUT2D eigenvalue weighted by atomic mass is 9.67. The van der Waals surface area contributed by atoms with Gasteiger partial charge in [-0.3, -0.25) is 0 Å². The van der Waals surface area contributed by atoms with E-state index in [9.17, 15) is 9.59 Å². The lowest BCUT2D eigenvalue weighted by Crippen LogP contribution is -2.26. The summed E-state index contributed by atoms with van der Waals surface area (Å²) in [7, 11) is 0. The average Bonchev–Trinajstić information content (AvgIpc) is 3.05. The van der Waals surface area contributed by atoms with Gasteiger partial charge in [0.25, 0.3) is 0 Å². The van der Waals surface area contributed by atoms with E-state index in [0.717, 1.165) is 35.8 Å². The highest BCUT2D eigenvalue weighted by atomic mass is 16.5. The second-order valence-corrected chi connectivity index (χ2v) is 12.4. The molecule has 5 heteroatoms. The van der Waals surface area contributed by atoms with E-state index in [1.165, 1.54) is 64.2 Å². The van der Waals surface area contributed by atoms with Crippen molar-refractivity contribution in [2.24, 2.45) is 23.7 Å². The first-order chi connectivity index (χ1) is 21.0. The van der Waals surface area contributed by atoms with Crippen molar-refractivity contribution in [3.05, 3.63) is 72.3 Å². The summed E-state index contributed by atoms with van der Waals surface area (Å²) in [5.74, 6) is 6.89. The van der Waals surface area contributed by atoms with Gasteiger partial charge in [0.05, 0.1) is 18.8 Å². The molecule has 4 rings (SSSR count). The molecule has 1 atom stereocenters. The van der Waals surface area contributed by atoms with Crippen LogP contribution < -0.4 is 9.47 Å². The third-order valence-corrected chi connectivity index (χ3v) is 9.47. The Bertz CT molecular complexity index is 1190. The van der Waals surface area contributed by atoms with Crippen LogP contribution >= 0.6 is 0 Å². The number of carbonyl (C=O) groups is 2. The van der Waals surface area contributed by atoms with Gasteiger partial charge in [0, 0.05) is 18.4 Å². The quantitative estimate of drug-likeness (QED) is 0.0729. The van der Waals surface area contributed by atoms with Crippen LogP contribution in [-0.2, 0) is 9.53 Å². The molecule has 230 valence electrons. The number of terminal acetylenes is 1. The maximum Gasteiger partial charge on any atom is 0.343 e. The van der Waals surface area contributed by atoms with Gasteiger partial charge in [0.1, 0.15) is 11.5 Å². The molecule has 0 spiro atoms. The van der Waals surface area contributed by atoms with Crippen LogP contribution in [0.5, 0.6) is 11.5 Å². The first-order valence-electron chi connectivity index (χ1n) is 16.3. The highest BCUT2D eigenvalue weighted by Crippen LogP contribution is 2.44. The van der Waals surface area contributed by atoms with Gasteiger partial charge in [-0.1, -0.05) is 70.1 Å². The van der Waals surface area contributed by atoms with E-state index in [-0.39, 0.29) is 12.5 Å². The van der Waals surface area contributed by atoms with Gasteiger partial charge in [0.2, 0.25) is 0 Å². The van der Waals surface area contributed by atoms with Crippen LogP contribution in [0, 0.1) is 36.0 Å². The molecule has 43 heavy (non-hydrogen) atoms. The molecule has 0 saturated heterocycles. The SMILES string of the molecule is C#CC(CC1CCC(C2CCC(CCC)CC2)CC1)c1ccc(OC(=O)c2ccc(OCCCOC(=O)C=C)cc2)cc1. The molecule has 0 aliphatic heterocycles. The van der Waals surface area contributed by atoms with Crippen LogP contribution in [0.15, 0.2) is 61.2 Å². The van der Waals surface area contributed by atoms with Gasteiger partial charge in [-0.2, -0.15) is 0 Å². The van der Waals surface area contributed by atoms with E-state index >= 15 is 0 Å². The molecule has 2 aliphatic rings. The molecule has 2 saturated carbocycles. The molecule has 0 N–H and O–H groups in total. The molecular formula is C38H48O5. The first kappa shape index (κ1) is 32.4. The van der Waals surface area contributed by atoms with Crippen molar-refractivity contribution < 1.29 is 23.8 Å². The summed E-state index contributed by atoms with van der Waals surface area (Å²) in [5.41, 5.74) is 1.54. The van der Waals surface area contributed by atoms with Crippen LogP contribution in [-0.4, -0.2) is 25.2 Å². The van der Waals surface area contributed by atoms with Gasteiger partial charge in [-0.15, -0.1) is 6.42 Å². The van der Waals surface area contributed by atoms with E-state index in [1.54, 1.807) is 24.3 Å². The zero-order valence-corrected chi connectivity index (χ0v) is 25.8. The van der Waals surface area contributed by atoms with E-state index in [1.807, 2.05) is 24.3 Å². The normalized spacial score (nSPS) is 22.5. The predicted molar refractivity (Wildman–Crippen MR) is 171 cm³/mol. The summed E-state index contributed by atoms with van der Waals surface area (Å²) < 4.78 is 16.2. The lowest BCUT2D eigenvalue weighted by Gasteiger charge is -2.38. The molecule has 2 aromatic rings. The smallest absolute Gasteiger partial charge is 0.343 e. The average molecular weight is 585 g/mol. The fourth-order valence-corrected chi connectivity index (χ4v) is 6.99. The largest absolute Gasteiger partial charge is 0.493 e. The van der Waals surface area contributed by atoms with Crippen molar-refractivity contribution in [3.8, 4) is 23.8 Å². The molecule has 0 heterocycles. The minimum atomic E-state index is -0.448. The number of ether oxygens (including phenoxy) is 3. The Kier molecular flexibility index (Phi) is 12.8. The Morgan fingerprint density at radius 1 is 0.884 bits per heavy atom. The van der Waals surface area contributed by atoms with Crippen LogP contribution in [0.1, 0.15) is 106 Å². The molecule has 2 fully saturated rings. The second kappa shape index (κ2) is 16.9. The summed E-state index contributed by atoms with van der Waals surface area (Å²) in [4.78, 5) is 23.7. The lowest BCUT2D eigenvalue weighted by molar-refractivity contribution is -0.137. The van der Waals surface area contributed by atoms with Gasteiger partial charge < -0.3 is 14.2 Å². The van der Waals surface area contributed by atoms with E-state index in [0.29, 0.717) is 36.0 Å². The molecule has 1 unspecified atom stereocenters. The summed E-state index contributed by atoms with van der Waals surface area (Å²) >= 11 is 0. The number of carbonyl (C=O) groups excluding carboxylic acids is 2. The monoisotopic (exact) mass is 584 g/mol. The zero-order chi connectivity index (χ0) is 30.4.